The van der Waals surface area contributed by atoms with E-state index in [4.69, 9.17) is 11.6 Å². The third-order valence-corrected chi connectivity index (χ3v) is 6.48. The van der Waals surface area contributed by atoms with Gasteiger partial charge in [-0.1, -0.05) is 73.5 Å². The maximum Gasteiger partial charge on any atom is 0.432 e. The van der Waals surface area contributed by atoms with Crippen LogP contribution in [0.3, 0.4) is 0 Å². The normalized spacial score (nSPS) is 11.2. The molecular formula is C32H22ClF7O. The molecule has 4 aromatic rings. The second-order valence-electron chi connectivity index (χ2n) is 9.23. The van der Waals surface area contributed by atoms with Gasteiger partial charge in [0.2, 0.25) is 0 Å². The third kappa shape index (κ3) is 7.22. The number of aryl methyl sites for hydroxylation is 1. The molecule has 0 amide bonds. The van der Waals surface area contributed by atoms with Crippen molar-refractivity contribution in [3.63, 3.8) is 0 Å². The van der Waals surface area contributed by atoms with Crippen LogP contribution in [0.5, 0.6) is 5.75 Å². The average Bonchev–Trinajstić information content (AvgIpc) is 2.90. The Hall–Kier alpha value is -3.96. The summed E-state index contributed by atoms with van der Waals surface area (Å²) >= 11 is 5.41. The lowest BCUT2D eigenvalue weighted by atomic mass is 10.00. The van der Waals surface area contributed by atoms with Crippen LogP contribution < -0.4 is 4.74 Å². The first-order valence-electron chi connectivity index (χ1n) is 12.6. The predicted octanol–water partition coefficient (Wildman–Crippen LogP) is 9.96. The zero-order valence-electron chi connectivity index (χ0n) is 21.6. The molecule has 0 atom stereocenters. The van der Waals surface area contributed by atoms with E-state index < -0.39 is 51.5 Å². The van der Waals surface area contributed by atoms with Gasteiger partial charge < -0.3 is 4.74 Å². The number of alkyl halides is 2. The highest BCUT2D eigenvalue weighted by Crippen LogP contribution is 2.37. The van der Waals surface area contributed by atoms with Crippen molar-refractivity contribution in [2.24, 2.45) is 0 Å². The van der Waals surface area contributed by atoms with E-state index in [9.17, 15) is 30.7 Å². The molecule has 41 heavy (non-hydrogen) atoms. The summed E-state index contributed by atoms with van der Waals surface area (Å²) in [5, 5.41) is -0.863. The topological polar surface area (TPSA) is 9.23 Å². The number of ether oxygens (including phenoxy) is 1. The molecule has 0 aliphatic rings. The molecular weight excluding hydrogens is 569 g/mol. The first-order chi connectivity index (χ1) is 19.5. The highest BCUT2D eigenvalue weighted by Gasteiger charge is 2.41. The number of benzene rings is 4. The Morgan fingerprint density at radius 3 is 2.00 bits per heavy atom. The molecule has 212 valence electrons. The molecule has 0 aromatic heterocycles. The van der Waals surface area contributed by atoms with Crippen molar-refractivity contribution in [1.82, 2.24) is 0 Å². The Bertz CT molecular complexity index is 1580. The van der Waals surface area contributed by atoms with Crippen molar-refractivity contribution in [2.45, 2.75) is 38.7 Å². The molecule has 4 aromatic carbocycles. The quantitative estimate of drug-likeness (QED) is 0.0859. The summed E-state index contributed by atoms with van der Waals surface area (Å²) in [5.41, 5.74) is 0.399. The Balaban J connectivity index is 1.52. The second kappa shape index (κ2) is 12.7. The van der Waals surface area contributed by atoms with Gasteiger partial charge in [0.1, 0.15) is 28.8 Å². The van der Waals surface area contributed by atoms with Gasteiger partial charge in [-0.3, -0.25) is 0 Å². The lowest BCUT2D eigenvalue weighted by Crippen LogP contribution is -2.25. The minimum absolute atomic E-state index is 0.0706. The largest absolute Gasteiger partial charge is 0.432 e. The van der Waals surface area contributed by atoms with E-state index in [-0.39, 0.29) is 17.2 Å². The third-order valence-electron chi connectivity index (χ3n) is 6.20. The fourth-order valence-electron chi connectivity index (χ4n) is 4.09. The molecule has 0 saturated heterocycles. The molecule has 0 N–H and O–H groups in total. The molecule has 0 spiro atoms. The first-order valence-corrected chi connectivity index (χ1v) is 13.0. The zero-order chi connectivity index (χ0) is 29.7. The SMILES string of the molecule is CCCCCc1ccc(-c2ccc(C#Cc3cc(F)c(C(F)(F)Oc4cc(F)c(F)c(Cl)c4)c(F)c3)c(F)c2)cc1. The molecule has 0 heterocycles. The number of rotatable bonds is 8. The Morgan fingerprint density at radius 2 is 1.39 bits per heavy atom. The maximum atomic E-state index is 14.8. The van der Waals surface area contributed by atoms with Crippen LogP contribution >= 0.6 is 11.6 Å². The summed E-state index contributed by atoms with van der Waals surface area (Å²) < 4.78 is 104. The van der Waals surface area contributed by atoms with Crippen molar-refractivity contribution in [3.8, 4) is 28.7 Å². The van der Waals surface area contributed by atoms with Crippen molar-refractivity contribution in [1.29, 1.82) is 0 Å². The molecule has 0 saturated carbocycles. The highest BCUT2D eigenvalue weighted by atomic mass is 35.5. The molecule has 0 radical (unpaired) electrons. The Kier molecular flexibility index (Phi) is 9.29. The van der Waals surface area contributed by atoms with Gasteiger partial charge in [0, 0.05) is 17.7 Å². The fourth-order valence-corrected chi connectivity index (χ4v) is 4.29. The van der Waals surface area contributed by atoms with Crippen LogP contribution in [0.2, 0.25) is 5.02 Å². The van der Waals surface area contributed by atoms with Crippen molar-refractivity contribution in [2.75, 3.05) is 0 Å². The number of halogens is 8. The number of unbranched alkanes of at least 4 members (excludes halogenated alkanes) is 2. The molecule has 0 aliphatic heterocycles. The van der Waals surface area contributed by atoms with E-state index in [1.165, 1.54) is 17.7 Å². The monoisotopic (exact) mass is 590 g/mol. The van der Waals surface area contributed by atoms with Gasteiger partial charge in [0.05, 0.1) is 10.6 Å². The first kappa shape index (κ1) is 30.0. The maximum absolute atomic E-state index is 14.8. The van der Waals surface area contributed by atoms with Gasteiger partial charge >= 0.3 is 6.11 Å². The summed E-state index contributed by atoms with van der Waals surface area (Å²) in [5.74, 6) is -3.36. The lowest BCUT2D eigenvalue weighted by molar-refractivity contribution is -0.189. The fraction of sp³-hybridized carbons (Fsp3) is 0.188. The van der Waals surface area contributed by atoms with E-state index in [1.807, 2.05) is 24.3 Å². The van der Waals surface area contributed by atoms with E-state index in [1.54, 1.807) is 6.07 Å². The van der Waals surface area contributed by atoms with Crippen molar-refractivity contribution < 1.29 is 35.5 Å². The number of hydrogen-bond acceptors (Lipinski definition) is 1. The summed E-state index contributed by atoms with van der Waals surface area (Å²) in [6, 6.07) is 13.9. The Morgan fingerprint density at radius 1 is 0.732 bits per heavy atom. The summed E-state index contributed by atoms with van der Waals surface area (Å²) in [7, 11) is 0. The minimum atomic E-state index is -4.62. The second-order valence-corrected chi connectivity index (χ2v) is 9.64. The van der Waals surface area contributed by atoms with Gasteiger partial charge in [-0.2, -0.15) is 8.78 Å². The molecule has 1 nitrogen and oxygen atoms in total. The molecule has 4 rings (SSSR count). The van der Waals surface area contributed by atoms with Gasteiger partial charge in [0.15, 0.2) is 11.6 Å². The van der Waals surface area contributed by atoms with Crippen LogP contribution in [0, 0.1) is 40.9 Å². The standard InChI is InChI=1S/C32H22ClF7O/c1-2-3-4-5-19-6-9-21(10-7-19)23-13-12-22(26(34)16-23)11-8-20-14-27(35)30(28(36)15-20)32(39,40)41-24-17-25(33)31(38)29(37)18-24/h6-7,9-10,12-18H,2-5H2,1H3. The van der Waals surface area contributed by atoms with Crippen LogP contribution in [0.25, 0.3) is 11.1 Å². The van der Waals surface area contributed by atoms with Crippen molar-refractivity contribution in [3.05, 3.63) is 123 Å². The van der Waals surface area contributed by atoms with Gasteiger partial charge in [-0.15, -0.1) is 0 Å². The molecule has 0 aliphatic carbocycles. The van der Waals surface area contributed by atoms with Crippen LogP contribution in [-0.2, 0) is 12.5 Å². The van der Waals surface area contributed by atoms with E-state index in [0.717, 1.165) is 31.2 Å². The van der Waals surface area contributed by atoms with Gasteiger partial charge in [-0.05, 0) is 53.8 Å². The van der Waals surface area contributed by atoms with Crippen LogP contribution in [0.15, 0.2) is 66.7 Å². The van der Waals surface area contributed by atoms with Crippen LogP contribution in [0.1, 0.15) is 48.4 Å². The molecule has 9 heteroatoms. The van der Waals surface area contributed by atoms with Crippen molar-refractivity contribution >= 4 is 11.6 Å². The summed E-state index contributed by atoms with van der Waals surface area (Å²) in [6.45, 7) is 2.14. The smallest absolute Gasteiger partial charge is 0.429 e. The molecule has 0 bridgehead atoms. The predicted molar refractivity (Wildman–Crippen MR) is 143 cm³/mol. The summed E-state index contributed by atoms with van der Waals surface area (Å²) in [6.07, 6.45) is -0.284. The average molecular weight is 591 g/mol. The van der Waals surface area contributed by atoms with E-state index in [0.29, 0.717) is 23.8 Å². The van der Waals surface area contributed by atoms with E-state index >= 15 is 0 Å². The Labute approximate surface area is 237 Å². The van der Waals surface area contributed by atoms with Crippen LogP contribution in [0.4, 0.5) is 30.7 Å². The van der Waals surface area contributed by atoms with Crippen LogP contribution in [-0.4, -0.2) is 0 Å². The summed E-state index contributed by atoms with van der Waals surface area (Å²) in [4.78, 5) is 0. The molecule has 0 unspecified atom stereocenters. The van der Waals surface area contributed by atoms with E-state index in [2.05, 4.69) is 23.5 Å². The minimum Gasteiger partial charge on any atom is -0.429 e. The number of hydrogen-bond donors (Lipinski definition) is 0. The zero-order valence-corrected chi connectivity index (χ0v) is 22.4. The lowest BCUT2D eigenvalue weighted by Gasteiger charge is -2.19. The van der Waals surface area contributed by atoms with Gasteiger partial charge in [0.25, 0.3) is 0 Å². The highest BCUT2D eigenvalue weighted by molar-refractivity contribution is 6.30. The van der Waals surface area contributed by atoms with Gasteiger partial charge in [-0.25, -0.2) is 22.0 Å². The molecule has 0 fully saturated rings.